The third-order valence-corrected chi connectivity index (χ3v) is 5.37. The number of carbonyl (C=O) groups excluding carboxylic acids is 1. The van der Waals surface area contributed by atoms with Gasteiger partial charge in [0.1, 0.15) is 0 Å². The summed E-state index contributed by atoms with van der Waals surface area (Å²) in [7, 11) is -3.17. The molecule has 2 heterocycles. The van der Waals surface area contributed by atoms with Crippen LogP contribution >= 0.6 is 0 Å². The van der Waals surface area contributed by atoms with E-state index in [-0.39, 0.29) is 25.5 Å². The highest BCUT2D eigenvalue weighted by atomic mass is 32.2. The van der Waals surface area contributed by atoms with Crippen LogP contribution in [0.15, 0.2) is 0 Å². The Morgan fingerprint density at radius 1 is 1.25 bits per heavy atom. The van der Waals surface area contributed by atoms with Crippen molar-refractivity contribution >= 4 is 15.7 Å². The third-order valence-electron chi connectivity index (χ3n) is 3.77. The van der Waals surface area contributed by atoms with E-state index in [2.05, 4.69) is 0 Å². The van der Waals surface area contributed by atoms with E-state index in [4.69, 9.17) is 0 Å². The first-order valence-electron chi connectivity index (χ1n) is 6.33. The van der Waals surface area contributed by atoms with Gasteiger partial charge in [-0.05, 0) is 6.42 Å². The summed E-state index contributed by atoms with van der Waals surface area (Å²) in [5.41, 5.74) is 0. The lowest BCUT2D eigenvalue weighted by Gasteiger charge is -2.40. The van der Waals surface area contributed by atoms with Crippen molar-refractivity contribution in [2.45, 2.75) is 17.8 Å². The Morgan fingerprint density at radius 2 is 1.85 bits per heavy atom. The Morgan fingerprint density at radius 3 is 2.30 bits per heavy atom. The highest BCUT2D eigenvalue weighted by Crippen LogP contribution is 2.26. The summed E-state index contributed by atoms with van der Waals surface area (Å²) in [6, 6.07) is 0. The molecule has 1 amide bonds. The maximum absolute atomic E-state index is 12.1. The number of carbonyl (C=O) groups is 1. The molecule has 0 saturated carbocycles. The van der Waals surface area contributed by atoms with Gasteiger partial charge >= 0.3 is 6.18 Å². The summed E-state index contributed by atoms with van der Waals surface area (Å²) in [4.78, 5) is 14.7. The van der Waals surface area contributed by atoms with E-state index in [0.717, 1.165) is 6.26 Å². The smallest absolute Gasteiger partial charge is 0.341 e. The molecule has 2 saturated heterocycles. The molecule has 0 aliphatic carbocycles. The van der Waals surface area contributed by atoms with Crippen molar-refractivity contribution in [2.24, 2.45) is 5.92 Å². The predicted molar refractivity (Wildman–Crippen MR) is 65.8 cm³/mol. The first-order chi connectivity index (χ1) is 9.06. The minimum absolute atomic E-state index is 0.0956. The molecule has 2 rings (SSSR count). The van der Waals surface area contributed by atoms with E-state index in [1.165, 1.54) is 9.80 Å². The van der Waals surface area contributed by atoms with Crippen LogP contribution in [0, 0.1) is 5.92 Å². The van der Waals surface area contributed by atoms with Crippen LogP contribution in [0.2, 0.25) is 0 Å². The fourth-order valence-electron chi connectivity index (χ4n) is 2.64. The highest BCUT2D eigenvalue weighted by Gasteiger charge is 2.42. The molecule has 0 aromatic carbocycles. The fourth-order valence-corrected chi connectivity index (χ4v) is 3.63. The first kappa shape index (κ1) is 15.6. The van der Waals surface area contributed by atoms with Crippen molar-refractivity contribution in [3.8, 4) is 0 Å². The molecule has 2 aliphatic rings. The molecule has 0 N–H and O–H groups in total. The maximum Gasteiger partial charge on any atom is 0.401 e. The van der Waals surface area contributed by atoms with Crippen molar-refractivity contribution in [1.29, 1.82) is 0 Å². The van der Waals surface area contributed by atoms with Crippen LogP contribution in [0.4, 0.5) is 13.2 Å². The lowest BCUT2D eigenvalue weighted by atomic mass is 9.98. The third kappa shape index (κ3) is 3.63. The van der Waals surface area contributed by atoms with Crippen LogP contribution in [-0.2, 0) is 14.6 Å². The monoisotopic (exact) mass is 314 g/mol. The highest BCUT2D eigenvalue weighted by molar-refractivity contribution is 7.91. The van der Waals surface area contributed by atoms with Gasteiger partial charge in [0.15, 0.2) is 9.84 Å². The zero-order valence-electron chi connectivity index (χ0n) is 11.1. The number of amides is 1. The second kappa shape index (κ2) is 5.18. The number of likely N-dealkylation sites (tertiary alicyclic amines) is 2. The lowest BCUT2D eigenvalue weighted by molar-refractivity contribution is -0.166. The zero-order chi connectivity index (χ0) is 15.1. The summed E-state index contributed by atoms with van der Waals surface area (Å²) in [6.07, 6.45) is -2.70. The number of halogens is 3. The lowest BCUT2D eigenvalue weighted by Crippen LogP contribution is -2.56. The van der Waals surface area contributed by atoms with Crippen LogP contribution in [0.25, 0.3) is 0 Å². The Bertz CT molecular complexity index is 486. The van der Waals surface area contributed by atoms with Crippen LogP contribution < -0.4 is 0 Å². The SMILES string of the molecule is CS(=O)(=O)C1CCN(C(=O)C2CN(CC(F)(F)F)C2)C1. The minimum Gasteiger partial charge on any atom is -0.341 e. The van der Waals surface area contributed by atoms with Gasteiger partial charge in [-0.25, -0.2) is 8.42 Å². The molecular weight excluding hydrogens is 297 g/mol. The number of rotatable bonds is 3. The largest absolute Gasteiger partial charge is 0.401 e. The normalized spacial score (nSPS) is 25.8. The average Bonchev–Trinajstić information content (AvgIpc) is 2.69. The standard InChI is InChI=1S/C11H17F3N2O3S/c1-20(18,19)9-2-3-16(6-9)10(17)8-4-15(5-8)7-11(12,13)14/h8-9H,2-7H2,1H3. The zero-order valence-corrected chi connectivity index (χ0v) is 11.9. The van der Waals surface area contributed by atoms with Gasteiger partial charge in [0.25, 0.3) is 0 Å². The number of alkyl halides is 3. The predicted octanol–water partition coefficient (Wildman–Crippen LogP) is 0.126. The summed E-state index contributed by atoms with van der Waals surface area (Å²) in [5, 5.41) is -0.544. The summed E-state index contributed by atoms with van der Waals surface area (Å²) in [6.45, 7) is -0.278. The molecule has 9 heteroatoms. The van der Waals surface area contributed by atoms with Gasteiger partial charge in [0, 0.05) is 32.4 Å². The van der Waals surface area contributed by atoms with Crippen LogP contribution in [-0.4, -0.2) is 74.5 Å². The molecule has 0 spiro atoms. The van der Waals surface area contributed by atoms with Crippen LogP contribution in [0.5, 0.6) is 0 Å². The quantitative estimate of drug-likeness (QED) is 0.743. The van der Waals surface area contributed by atoms with Crippen LogP contribution in [0.3, 0.4) is 0 Å². The van der Waals surface area contributed by atoms with Crippen molar-refractivity contribution in [3.63, 3.8) is 0 Å². The van der Waals surface area contributed by atoms with Gasteiger partial charge < -0.3 is 4.90 Å². The second-order valence-electron chi connectivity index (χ2n) is 5.53. The van der Waals surface area contributed by atoms with Crippen LogP contribution in [0.1, 0.15) is 6.42 Å². The molecule has 1 unspecified atom stereocenters. The van der Waals surface area contributed by atoms with Gasteiger partial charge in [-0.3, -0.25) is 9.69 Å². The first-order valence-corrected chi connectivity index (χ1v) is 8.28. The molecule has 0 aromatic heterocycles. The van der Waals surface area contributed by atoms with Gasteiger partial charge in [-0.1, -0.05) is 0 Å². The Kier molecular flexibility index (Phi) is 4.03. The van der Waals surface area contributed by atoms with Gasteiger partial charge in [-0.15, -0.1) is 0 Å². The Hall–Kier alpha value is -0.830. The van der Waals surface area contributed by atoms with Crippen molar-refractivity contribution < 1.29 is 26.4 Å². The van der Waals surface area contributed by atoms with Crippen molar-refractivity contribution in [2.75, 3.05) is 39.0 Å². The van der Waals surface area contributed by atoms with E-state index in [9.17, 15) is 26.4 Å². The topological polar surface area (TPSA) is 57.7 Å². The number of sulfone groups is 1. The summed E-state index contributed by atoms with van der Waals surface area (Å²) in [5.74, 6) is -0.662. The van der Waals surface area contributed by atoms with E-state index in [1.54, 1.807) is 0 Å². The number of hydrogen-bond acceptors (Lipinski definition) is 4. The Labute approximate surface area is 115 Å². The van der Waals surface area contributed by atoms with Crippen molar-refractivity contribution in [1.82, 2.24) is 9.80 Å². The average molecular weight is 314 g/mol. The molecular formula is C11H17F3N2O3S. The maximum atomic E-state index is 12.1. The molecule has 20 heavy (non-hydrogen) atoms. The van der Waals surface area contributed by atoms with Gasteiger partial charge in [0.05, 0.1) is 17.7 Å². The Balaban J connectivity index is 1.81. The van der Waals surface area contributed by atoms with E-state index in [1.807, 2.05) is 0 Å². The molecule has 5 nitrogen and oxygen atoms in total. The fraction of sp³-hybridized carbons (Fsp3) is 0.909. The van der Waals surface area contributed by atoms with Gasteiger partial charge in [-0.2, -0.15) is 13.2 Å². The molecule has 116 valence electrons. The summed E-state index contributed by atoms with van der Waals surface area (Å²) < 4.78 is 59.2. The number of hydrogen-bond donors (Lipinski definition) is 0. The van der Waals surface area contributed by atoms with Gasteiger partial charge in [0.2, 0.25) is 5.91 Å². The molecule has 0 radical (unpaired) electrons. The summed E-state index contributed by atoms with van der Waals surface area (Å²) >= 11 is 0. The molecule has 1 atom stereocenters. The molecule has 0 bridgehead atoms. The molecule has 0 aromatic rings. The van der Waals surface area contributed by atoms with E-state index >= 15 is 0 Å². The van der Waals surface area contributed by atoms with E-state index < -0.39 is 33.7 Å². The minimum atomic E-state index is -4.25. The molecule has 2 aliphatic heterocycles. The second-order valence-corrected chi connectivity index (χ2v) is 7.86. The van der Waals surface area contributed by atoms with Crippen molar-refractivity contribution in [3.05, 3.63) is 0 Å². The number of nitrogens with zero attached hydrogens (tertiary/aromatic N) is 2. The molecule has 2 fully saturated rings. The van der Waals surface area contributed by atoms with E-state index in [0.29, 0.717) is 13.0 Å².